The van der Waals surface area contributed by atoms with Crippen molar-refractivity contribution in [1.82, 2.24) is 14.9 Å². The number of carbonyl (C=O) groups excluding carboxylic acids is 1. The number of nitrogens with one attached hydrogen (secondary N) is 1. The van der Waals surface area contributed by atoms with Gasteiger partial charge in [0.05, 0.1) is 0 Å². The zero-order valence-electron chi connectivity index (χ0n) is 12.9. The number of hydrogen-bond acceptors (Lipinski definition) is 3. The summed E-state index contributed by atoms with van der Waals surface area (Å²) < 4.78 is 12.9. The SMILES string of the molecule is O=C(Nc1ccc(F)cc1)N1CCc2nc3ncccc3cc2C1. The molecule has 2 amide bonds. The van der Waals surface area contributed by atoms with Crippen LogP contribution in [-0.4, -0.2) is 27.4 Å². The van der Waals surface area contributed by atoms with E-state index in [0.717, 1.165) is 22.3 Å². The Kier molecular flexibility index (Phi) is 3.57. The largest absolute Gasteiger partial charge is 0.322 e. The number of hydrogen-bond donors (Lipinski definition) is 1. The number of anilines is 1. The van der Waals surface area contributed by atoms with Gasteiger partial charge in [0.15, 0.2) is 5.65 Å². The number of benzene rings is 1. The number of nitrogens with zero attached hydrogens (tertiary/aromatic N) is 3. The second-order valence-electron chi connectivity index (χ2n) is 5.75. The highest BCUT2D eigenvalue weighted by Crippen LogP contribution is 2.22. The highest BCUT2D eigenvalue weighted by Gasteiger charge is 2.22. The Morgan fingerprint density at radius 1 is 1.21 bits per heavy atom. The van der Waals surface area contributed by atoms with Gasteiger partial charge in [0.1, 0.15) is 5.82 Å². The van der Waals surface area contributed by atoms with Crippen LogP contribution < -0.4 is 5.32 Å². The second kappa shape index (κ2) is 5.88. The molecule has 1 N–H and O–H groups in total. The zero-order chi connectivity index (χ0) is 16.5. The third kappa shape index (κ3) is 2.78. The number of pyridine rings is 2. The van der Waals surface area contributed by atoms with Crippen molar-refractivity contribution in [2.75, 3.05) is 11.9 Å². The van der Waals surface area contributed by atoms with E-state index in [4.69, 9.17) is 0 Å². The number of carbonyl (C=O) groups is 1. The van der Waals surface area contributed by atoms with Crippen molar-refractivity contribution >= 4 is 22.8 Å². The Labute approximate surface area is 138 Å². The van der Waals surface area contributed by atoms with Crippen LogP contribution in [0.5, 0.6) is 0 Å². The molecule has 1 aromatic carbocycles. The Morgan fingerprint density at radius 2 is 2.04 bits per heavy atom. The van der Waals surface area contributed by atoms with Gasteiger partial charge in [-0.1, -0.05) is 0 Å². The lowest BCUT2D eigenvalue weighted by Crippen LogP contribution is -2.39. The van der Waals surface area contributed by atoms with Gasteiger partial charge in [-0.05, 0) is 48.0 Å². The van der Waals surface area contributed by atoms with Crippen LogP contribution in [0.2, 0.25) is 0 Å². The molecule has 0 bridgehead atoms. The average Bonchev–Trinajstić information content (AvgIpc) is 2.61. The molecular formula is C18H15FN4O. The van der Waals surface area contributed by atoms with Crippen molar-refractivity contribution in [3.05, 3.63) is 65.7 Å². The van der Waals surface area contributed by atoms with Crippen molar-refractivity contribution in [2.24, 2.45) is 0 Å². The summed E-state index contributed by atoms with van der Waals surface area (Å²) in [6.45, 7) is 1.09. The molecule has 0 saturated carbocycles. The van der Waals surface area contributed by atoms with Crippen molar-refractivity contribution in [3.8, 4) is 0 Å². The van der Waals surface area contributed by atoms with E-state index in [9.17, 15) is 9.18 Å². The van der Waals surface area contributed by atoms with Gasteiger partial charge >= 0.3 is 6.03 Å². The maximum absolute atomic E-state index is 12.9. The van der Waals surface area contributed by atoms with Crippen LogP contribution in [-0.2, 0) is 13.0 Å². The molecule has 5 nitrogen and oxygen atoms in total. The second-order valence-corrected chi connectivity index (χ2v) is 5.75. The summed E-state index contributed by atoms with van der Waals surface area (Å²) in [5, 5.41) is 3.76. The number of amides is 2. The molecule has 120 valence electrons. The third-order valence-corrected chi connectivity index (χ3v) is 4.12. The van der Waals surface area contributed by atoms with E-state index in [2.05, 4.69) is 15.3 Å². The molecule has 3 heterocycles. The topological polar surface area (TPSA) is 58.1 Å². The standard InChI is InChI=1S/C18H15FN4O/c19-14-3-5-15(6-4-14)21-18(24)23-9-7-16-13(11-23)10-12-2-1-8-20-17(12)22-16/h1-6,8,10H,7,9,11H2,(H,21,24). The quantitative estimate of drug-likeness (QED) is 0.747. The fraction of sp³-hybridized carbons (Fsp3) is 0.167. The molecule has 0 fully saturated rings. The Hall–Kier alpha value is -3.02. The van der Waals surface area contributed by atoms with Crippen molar-refractivity contribution in [3.63, 3.8) is 0 Å². The fourth-order valence-corrected chi connectivity index (χ4v) is 2.87. The van der Waals surface area contributed by atoms with Gasteiger partial charge in [-0.15, -0.1) is 0 Å². The molecule has 0 radical (unpaired) electrons. The first-order chi connectivity index (χ1) is 11.7. The minimum absolute atomic E-state index is 0.196. The van der Waals surface area contributed by atoms with Gasteiger partial charge in [-0.25, -0.2) is 19.2 Å². The average molecular weight is 322 g/mol. The molecule has 2 aromatic heterocycles. The van der Waals surface area contributed by atoms with Crippen LogP contribution >= 0.6 is 0 Å². The van der Waals surface area contributed by atoms with Crippen LogP contribution in [0.1, 0.15) is 11.3 Å². The molecule has 0 unspecified atom stereocenters. The molecule has 0 atom stereocenters. The summed E-state index contributed by atoms with van der Waals surface area (Å²) in [5.41, 5.74) is 3.34. The van der Waals surface area contributed by atoms with Crippen LogP contribution in [0.25, 0.3) is 11.0 Å². The lowest BCUT2D eigenvalue weighted by Gasteiger charge is -2.28. The van der Waals surface area contributed by atoms with Crippen molar-refractivity contribution in [2.45, 2.75) is 13.0 Å². The number of halogens is 1. The molecule has 0 aliphatic carbocycles. The molecule has 3 aromatic rings. The van der Waals surface area contributed by atoms with Gasteiger partial charge in [0.2, 0.25) is 0 Å². The molecule has 1 aliphatic heterocycles. The van der Waals surface area contributed by atoms with E-state index in [1.807, 2.05) is 18.2 Å². The predicted molar refractivity (Wildman–Crippen MR) is 89.1 cm³/mol. The summed E-state index contributed by atoms with van der Waals surface area (Å²) in [6, 6.07) is 11.4. The lowest BCUT2D eigenvalue weighted by molar-refractivity contribution is 0.206. The first-order valence-corrected chi connectivity index (χ1v) is 7.74. The number of aromatic nitrogens is 2. The minimum Gasteiger partial charge on any atom is -0.320 e. The summed E-state index contributed by atoms with van der Waals surface area (Å²) in [6.07, 6.45) is 2.42. The van der Waals surface area contributed by atoms with Gasteiger partial charge in [-0.3, -0.25) is 0 Å². The number of urea groups is 1. The molecule has 4 rings (SSSR count). The molecule has 0 saturated heterocycles. The molecule has 24 heavy (non-hydrogen) atoms. The summed E-state index contributed by atoms with van der Waals surface area (Å²) in [5.74, 6) is -0.327. The highest BCUT2D eigenvalue weighted by atomic mass is 19.1. The molecule has 6 heteroatoms. The van der Waals surface area contributed by atoms with Gasteiger partial charge < -0.3 is 10.2 Å². The minimum atomic E-state index is -0.327. The maximum atomic E-state index is 12.9. The van der Waals surface area contributed by atoms with Crippen LogP contribution in [0, 0.1) is 5.82 Å². The Morgan fingerprint density at radius 3 is 2.88 bits per heavy atom. The fourth-order valence-electron chi connectivity index (χ4n) is 2.87. The highest BCUT2D eigenvalue weighted by molar-refractivity contribution is 5.89. The maximum Gasteiger partial charge on any atom is 0.322 e. The first kappa shape index (κ1) is 14.6. The summed E-state index contributed by atoms with van der Waals surface area (Å²) in [7, 11) is 0. The third-order valence-electron chi connectivity index (χ3n) is 4.12. The summed E-state index contributed by atoms with van der Waals surface area (Å²) >= 11 is 0. The van der Waals surface area contributed by atoms with Crippen LogP contribution in [0.4, 0.5) is 14.9 Å². The molecule has 1 aliphatic rings. The Balaban J connectivity index is 1.53. The summed E-state index contributed by atoms with van der Waals surface area (Å²) in [4.78, 5) is 23.0. The normalized spacial score (nSPS) is 13.6. The van der Waals surface area contributed by atoms with E-state index in [-0.39, 0.29) is 11.8 Å². The first-order valence-electron chi connectivity index (χ1n) is 7.74. The molecule has 0 spiro atoms. The lowest BCUT2D eigenvalue weighted by atomic mass is 10.0. The predicted octanol–water partition coefficient (Wildman–Crippen LogP) is 3.36. The Bertz CT molecular complexity index is 911. The van der Waals surface area contributed by atoms with Gasteiger partial charge in [0, 0.05) is 42.5 Å². The van der Waals surface area contributed by atoms with E-state index >= 15 is 0 Å². The van der Waals surface area contributed by atoms with E-state index in [0.29, 0.717) is 25.2 Å². The van der Waals surface area contributed by atoms with Gasteiger partial charge in [0.25, 0.3) is 0 Å². The smallest absolute Gasteiger partial charge is 0.320 e. The van der Waals surface area contributed by atoms with Gasteiger partial charge in [-0.2, -0.15) is 0 Å². The van der Waals surface area contributed by atoms with E-state index in [1.165, 1.54) is 12.1 Å². The monoisotopic (exact) mass is 322 g/mol. The van der Waals surface area contributed by atoms with Crippen molar-refractivity contribution in [1.29, 1.82) is 0 Å². The van der Waals surface area contributed by atoms with Crippen molar-refractivity contribution < 1.29 is 9.18 Å². The van der Waals surface area contributed by atoms with Crippen LogP contribution in [0.15, 0.2) is 48.7 Å². The number of rotatable bonds is 1. The molecular weight excluding hydrogens is 307 g/mol. The number of fused-ring (bicyclic) bond motifs is 2. The zero-order valence-corrected chi connectivity index (χ0v) is 12.9. The van der Waals surface area contributed by atoms with E-state index in [1.54, 1.807) is 23.2 Å². The van der Waals surface area contributed by atoms with Crippen LogP contribution in [0.3, 0.4) is 0 Å². The van der Waals surface area contributed by atoms with E-state index < -0.39 is 0 Å².